The van der Waals surface area contributed by atoms with E-state index in [1.54, 1.807) is 7.05 Å². The van der Waals surface area contributed by atoms with Crippen molar-refractivity contribution in [3.05, 3.63) is 35.9 Å². The van der Waals surface area contributed by atoms with Gasteiger partial charge in [0, 0.05) is 20.1 Å². The van der Waals surface area contributed by atoms with E-state index in [-0.39, 0.29) is 6.54 Å². The number of benzene rings is 1. The van der Waals surface area contributed by atoms with Gasteiger partial charge in [-0.25, -0.2) is 8.78 Å². The maximum atomic E-state index is 12.3. The normalized spacial score (nSPS) is 23.5. The first-order chi connectivity index (χ1) is 10.1. The lowest BCUT2D eigenvalue weighted by molar-refractivity contribution is 0.149. The smallest absolute Gasteiger partial charge is 0.255 e. The van der Waals surface area contributed by atoms with E-state index in [9.17, 15) is 8.78 Å². The quantitative estimate of drug-likeness (QED) is 0.686. The minimum absolute atomic E-state index is 0.348. The topological polar surface area (TPSA) is 27.6 Å². The number of hydrogen-bond acceptors (Lipinski definition) is 1. The lowest BCUT2D eigenvalue weighted by Crippen LogP contribution is -2.48. The third kappa shape index (κ3) is 4.16. The van der Waals surface area contributed by atoms with Crippen molar-refractivity contribution in [1.29, 1.82) is 0 Å². The average molecular weight is 295 g/mol. The molecule has 5 heteroatoms. The highest BCUT2D eigenvalue weighted by atomic mass is 19.3. The molecule has 1 aromatic rings. The summed E-state index contributed by atoms with van der Waals surface area (Å²) in [6.07, 6.45) is -1.35. The summed E-state index contributed by atoms with van der Waals surface area (Å²) in [5, 5.41) is 2.74. The molecule has 21 heavy (non-hydrogen) atoms. The third-order valence-corrected chi connectivity index (χ3v) is 4.06. The Morgan fingerprint density at radius 1 is 1.38 bits per heavy atom. The van der Waals surface area contributed by atoms with Crippen molar-refractivity contribution in [2.75, 3.05) is 26.7 Å². The SMILES string of the molecule is CN=C(NCC(F)F)N1CCC(c2ccccc2)C(C)C1. The Kier molecular flexibility index (Phi) is 5.53. The lowest BCUT2D eigenvalue weighted by Gasteiger charge is -2.38. The molecule has 0 spiro atoms. The van der Waals surface area contributed by atoms with Gasteiger partial charge in [-0.1, -0.05) is 37.3 Å². The molecule has 1 aliphatic heterocycles. The van der Waals surface area contributed by atoms with Gasteiger partial charge in [0.1, 0.15) is 0 Å². The Labute approximate surface area is 125 Å². The predicted octanol–water partition coefficient (Wildman–Crippen LogP) is 2.95. The van der Waals surface area contributed by atoms with E-state index in [0.29, 0.717) is 17.8 Å². The van der Waals surface area contributed by atoms with Crippen LogP contribution in [0.4, 0.5) is 8.78 Å². The standard InChI is InChI=1S/C16H23F2N3/c1-12-11-21(16(19-2)20-10-15(17)18)9-8-14(12)13-6-4-3-5-7-13/h3-7,12,14-15H,8-11H2,1-2H3,(H,19,20). The van der Waals surface area contributed by atoms with E-state index in [4.69, 9.17) is 0 Å². The molecule has 1 fully saturated rings. The van der Waals surface area contributed by atoms with E-state index in [1.807, 2.05) is 6.07 Å². The highest BCUT2D eigenvalue weighted by molar-refractivity contribution is 5.80. The van der Waals surface area contributed by atoms with Gasteiger partial charge >= 0.3 is 0 Å². The van der Waals surface area contributed by atoms with Crippen LogP contribution >= 0.6 is 0 Å². The van der Waals surface area contributed by atoms with Crippen molar-refractivity contribution in [2.45, 2.75) is 25.7 Å². The van der Waals surface area contributed by atoms with Crippen LogP contribution in [0, 0.1) is 5.92 Å². The van der Waals surface area contributed by atoms with Gasteiger partial charge in [0.25, 0.3) is 6.43 Å². The van der Waals surface area contributed by atoms with Gasteiger partial charge in [-0.15, -0.1) is 0 Å². The molecule has 2 unspecified atom stereocenters. The molecular formula is C16H23F2N3. The molecule has 0 saturated carbocycles. The van der Waals surface area contributed by atoms with E-state index in [0.717, 1.165) is 19.5 Å². The first kappa shape index (κ1) is 15.7. The van der Waals surface area contributed by atoms with Gasteiger partial charge in [-0.2, -0.15) is 0 Å². The molecule has 1 N–H and O–H groups in total. The van der Waals surface area contributed by atoms with E-state index >= 15 is 0 Å². The van der Waals surface area contributed by atoms with Crippen LogP contribution in [0.3, 0.4) is 0 Å². The van der Waals surface area contributed by atoms with E-state index in [2.05, 4.69) is 46.4 Å². The Hall–Kier alpha value is -1.65. The molecule has 2 atom stereocenters. The van der Waals surface area contributed by atoms with Crippen LogP contribution in [0.15, 0.2) is 35.3 Å². The van der Waals surface area contributed by atoms with Crippen LogP contribution in [0.25, 0.3) is 0 Å². The Balaban J connectivity index is 1.96. The molecule has 3 nitrogen and oxygen atoms in total. The summed E-state index contributed by atoms with van der Waals surface area (Å²) >= 11 is 0. The summed E-state index contributed by atoms with van der Waals surface area (Å²) in [7, 11) is 1.64. The first-order valence-corrected chi connectivity index (χ1v) is 7.40. The van der Waals surface area contributed by atoms with Crippen molar-refractivity contribution in [3.8, 4) is 0 Å². The molecule has 116 valence electrons. The van der Waals surface area contributed by atoms with Gasteiger partial charge in [0.05, 0.1) is 6.54 Å². The van der Waals surface area contributed by atoms with Gasteiger partial charge in [0.15, 0.2) is 5.96 Å². The second-order valence-electron chi connectivity index (χ2n) is 5.55. The largest absolute Gasteiger partial charge is 0.351 e. The van der Waals surface area contributed by atoms with Crippen molar-refractivity contribution in [1.82, 2.24) is 10.2 Å². The van der Waals surface area contributed by atoms with Crippen LogP contribution in [-0.2, 0) is 0 Å². The molecule has 1 aliphatic rings. The summed E-state index contributed by atoms with van der Waals surface area (Å²) in [5.74, 6) is 1.57. The van der Waals surface area contributed by atoms with Gasteiger partial charge in [-0.05, 0) is 23.8 Å². The van der Waals surface area contributed by atoms with Gasteiger partial charge in [0.2, 0.25) is 0 Å². The number of nitrogens with zero attached hydrogens (tertiary/aromatic N) is 2. The fourth-order valence-electron chi connectivity index (χ4n) is 3.03. The zero-order valence-electron chi connectivity index (χ0n) is 12.6. The summed E-state index contributed by atoms with van der Waals surface area (Å²) in [4.78, 5) is 6.19. The minimum atomic E-state index is -2.36. The van der Waals surface area contributed by atoms with Crippen LogP contribution < -0.4 is 5.32 Å². The fraction of sp³-hybridized carbons (Fsp3) is 0.562. The number of alkyl halides is 2. The Bertz CT molecular complexity index is 462. The van der Waals surface area contributed by atoms with Crippen LogP contribution in [0.2, 0.25) is 0 Å². The maximum Gasteiger partial charge on any atom is 0.255 e. The number of piperidine rings is 1. The third-order valence-electron chi connectivity index (χ3n) is 4.06. The Morgan fingerprint density at radius 2 is 2.10 bits per heavy atom. The van der Waals surface area contributed by atoms with Crippen molar-refractivity contribution in [3.63, 3.8) is 0 Å². The summed E-state index contributed by atoms with van der Waals surface area (Å²) in [6.45, 7) is 3.54. The zero-order valence-corrected chi connectivity index (χ0v) is 12.6. The highest BCUT2D eigenvalue weighted by Crippen LogP contribution is 2.32. The molecule has 1 aromatic carbocycles. The van der Waals surface area contributed by atoms with E-state index < -0.39 is 6.43 Å². The summed E-state index contributed by atoms with van der Waals surface area (Å²) < 4.78 is 24.6. The van der Waals surface area contributed by atoms with Crippen molar-refractivity contribution < 1.29 is 8.78 Å². The molecule has 0 amide bonds. The molecule has 1 saturated heterocycles. The highest BCUT2D eigenvalue weighted by Gasteiger charge is 2.28. The first-order valence-electron chi connectivity index (χ1n) is 7.40. The second kappa shape index (κ2) is 7.38. The molecular weight excluding hydrogens is 272 g/mol. The fourth-order valence-corrected chi connectivity index (χ4v) is 3.03. The zero-order chi connectivity index (χ0) is 15.2. The van der Waals surface area contributed by atoms with Gasteiger partial charge < -0.3 is 10.2 Å². The number of halogens is 2. The predicted molar refractivity (Wildman–Crippen MR) is 81.9 cm³/mol. The van der Waals surface area contributed by atoms with Crippen LogP contribution in [0.1, 0.15) is 24.8 Å². The number of nitrogens with one attached hydrogen (secondary N) is 1. The van der Waals surface area contributed by atoms with E-state index in [1.165, 1.54) is 5.56 Å². The van der Waals surface area contributed by atoms with Crippen LogP contribution in [0.5, 0.6) is 0 Å². The minimum Gasteiger partial charge on any atom is -0.351 e. The molecule has 1 heterocycles. The lowest BCUT2D eigenvalue weighted by atomic mass is 9.82. The molecule has 0 bridgehead atoms. The summed E-state index contributed by atoms with van der Waals surface area (Å²) in [6, 6.07) is 10.5. The maximum absolute atomic E-state index is 12.3. The molecule has 0 aromatic heterocycles. The number of guanidine groups is 1. The number of rotatable bonds is 3. The van der Waals surface area contributed by atoms with Crippen molar-refractivity contribution >= 4 is 5.96 Å². The number of aliphatic imine (C=N–C) groups is 1. The van der Waals surface area contributed by atoms with Gasteiger partial charge in [-0.3, -0.25) is 4.99 Å². The molecule has 0 radical (unpaired) electrons. The molecule has 0 aliphatic carbocycles. The second-order valence-corrected chi connectivity index (χ2v) is 5.55. The molecule has 2 rings (SSSR count). The average Bonchev–Trinajstić information content (AvgIpc) is 2.48. The number of hydrogen-bond donors (Lipinski definition) is 1. The summed E-state index contributed by atoms with van der Waals surface area (Å²) in [5.41, 5.74) is 1.36. The monoisotopic (exact) mass is 295 g/mol. The number of likely N-dealkylation sites (tertiary alicyclic amines) is 1. The van der Waals surface area contributed by atoms with Crippen molar-refractivity contribution in [2.24, 2.45) is 10.9 Å². The Morgan fingerprint density at radius 3 is 2.67 bits per heavy atom. The van der Waals surface area contributed by atoms with Crippen LogP contribution in [-0.4, -0.2) is 44.0 Å².